The van der Waals surface area contributed by atoms with Crippen LogP contribution in [0.15, 0.2) is 48.5 Å². The largest absolute Gasteiger partial charge is 0.453 e. The van der Waals surface area contributed by atoms with Crippen LogP contribution in [0, 0.1) is 5.82 Å². The van der Waals surface area contributed by atoms with Crippen molar-refractivity contribution in [2.75, 3.05) is 18.6 Å². The number of rotatable bonds is 8. The van der Waals surface area contributed by atoms with E-state index in [0.29, 0.717) is 12.0 Å². The van der Waals surface area contributed by atoms with Crippen molar-refractivity contribution < 1.29 is 37.4 Å². The van der Waals surface area contributed by atoms with Gasteiger partial charge in [0, 0.05) is 41.7 Å². The van der Waals surface area contributed by atoms with E-state index >= 15 is 0 Å². The topological polar surface area (TPSA) is 108 Å². The molecule has 2 aromatic carbocycles. The van der Waals surface area contributed by atoms with Gasteiger partial charge in [0.2, 0.25) is 12.3 Å². The second-order valence-corrected chi connectivity index (χ2v) is 8.52. The summed E-state index contributed by atoms with van der Waals surface area (Å²) >= 11 is 6.20. The summed E-state index contributed by atoms with van der Waals surface area (Å²) in [6.45, 7) is 1.81. The van der Waals surface area contributed by atoms with Crippen molar-refractivity contribution >= 4 is 35.7 Å². The van der Waals surface area contributed by atoms with Gasteiger partial charge in [0.15, 0.2) is 0 Å². The van der Waals surface area contributed by atoms with Crippen LogP contribution in [0.3, 0.4) is 0 Å². The highest BCUT2D eigenvalue weighted by Gasteiger charge is 2.47. The molecule has 36 heavy (non-hydrogen) atoms. The Hall–Kier alpha value is -3.31. The van der Waals surface area contributed by atoms with Gasteiger partial charge in [-0.2, -0.15) is 0 Å². The molecule has 2 atom stereocenters. The Labute approximate surface area is 211 Å². The Balaban J connectivity index is 0.000000434. The van der Waals surface area contributed by atoms with Gasteiger partial charge in [-0.15, -0.1) is 0 Å². The number of methoxy groups -OCH3 is 1. The fourth-order valence-corrected chi connectivity index (χ4v) is 3.61. The van der Waals surface area contributed by atoms with Crippen LogP contribution in [-0.4, -0.2) is 55.2 Å². The molecule has 0 heterocycles. The molecule has 1 fully saturated rings. The van der Waals surface area contributed by atoms with Crippen LogP contribution in [0.2, 0.25) is 5.02 Å². The number of carbonyl (C=O) groups excluding carboxylic acids is 3. The summed E-state index contributed by atoms with van der Waals surface area (Å²) < 4.78 is 44.0. The van der Waals surface area contributed by atoms with Gasteiger partial charge < -0.3 is 20.5 Å². The van der Waals surface area contributed by atoms with Crippen LogP contribution in [0.4, 0.5) is 23.7 Å². The highest BCUT2D eigenvalue weighted by atomic mass is 35.5. The van der Waals surface area contributed by atoms with E-state index < -0.39 is 54.8 Å². The van der Waals surface area contributed by atoms with E-state index in [9.17, 15) is 27.6 Å². The minimum Gasteiger partial charge on any atom is -0.453 e. The SMILES string of the molecule is COC(=O)NCC(C)O.O=CN(c1cccc(F)c1)C(C(=O)NC1CC(F)(F)C1)c1ccccc1Cl. The summed E-state index contributed by atoms with van der Waals surface area (Å²) in [6.07, 6.45) is -1.58. The van der Waals surface area contributed by atoms with Gasteiger partial charge in [-0.3, -0.25) is 14.5 Å². The molecule has 1 saturated carbocycles. The maximum absolute atomic E-state index is 13.6. The third-order valence-electron chi connectivity index (χ3n) is 5.11. The molecule has 0 bridgehead atoms. The first-order valence-corrected chi connectivity index (χ1v) is 11.3. The monoisotopic (exact) mass is 529 g/mol. The lowest BCUT2D eigenvalue weighted by Crippen LogP contribution is -2.53. The molecule has 0 aromatic heterocycles. The van der Waals surface area contributed by atoms with Crippen molar-refractivity contribution in [3.63, 3.8) is 0 Å². The lowest BCUT2D eigenvalue weighted by Gasteiger charge is -2.37. The van der Waals surface area contributed by atoms with Crippen molar-refractivity contribution in [2.24, 2.45) is 0 Å². The zero-order valence-electron chi connectivity index (χ0n) is 19.6. The second kappa shape index (κ2) is 13.1. The van der Waals surface area contributed by atoms with E-state index in [1.165, 1.54) is 25.3 Å². The van der Waals surface area contributed by atoms with Gasteiger partial charge in [-0.1, -0.05) is 35.9 Å². The molecule has 8 nitrogen and oxygen atoms in total. The van der Waals surface area contributed by atoms with Gasteiger partial charge >= 0.3 is 6.09 Å². The Morgan fingerprint density at radius 3 is 2.44 bits per heavy atom. The van der Waals surface area contributed by atoms with Crippen LogP contribution < -0.4 is 15.5 Å². The summed E-state index contributed by atoms with van der Waals surface area (Å²) in [6, 6.07) is 9.62. The minimum atomic E-state index is -2.80. The van der Waals surface area contributed by atoms with Crippen LogP contribution in [0.1, 0.15) is 31.4 Å². The average Bonchev–Trinajstić information content (AvgIpc) is 2.80. The normalized spacial score (nSPS) is 15.8. The number of alkyl halides is 2. The molecular formula is C24H27ClF3N3O5. The van der Waals surface area contributed by atoms with Gasteiger partial charge in [0.25, 0.3) is 5.92 Å². The highest BCUT2D eigenvalue weighted by molar-refractivity contribution is 6.31. The second-order valence-electron chi connectivity index (χ2n) is 8.11. The number of nitrogens with zero attached hydrogens (tertiary/aromatic N) is 1. The van der Waals surface area contributed by atoms with Crippen molar-refractivity contribution in [1.82, 2.24) is 10.6 Å². The molecule has 2 unspecified atom stereocenters. The summed E-state index contributed by atoms with van der Waals surface area (Å²) in [5.74, 6) is -4.05. The molecule has 1 aliphatic rings. The zero-order valence-corrected chi connectivity index (χ0v) is 20.3. The summed E-state index contributed by atoms with van der Waals surface area (Å²) in [5, 5.41) is 13.7. The van der Waals surface area contributed by atoms with E-state index in [2.05, 4.69) is 15.4 Å². The average molecular weight is 530 g/mol. The smallest absolute Gasteiger partial charge is 0.406 e. The molecule has 2 aromatic rings. The van der Waals surface area contributed by atoms with Crippen LogP contribution in [0.25, 0.3) is 0 Å². The molecule has 3 rings (SSSR count). The molecule has 196 valence electrons. The minimum absolute atomic E-state index is 0.143. The third-order valence-corrected chi connectivity index (χ3v) is 5.45. The lowest BCUT2D eigenvalue weighted by atomic mass is 9.87. The fraction of sp³-hybridized carbons (Fsp3) is 0.375. The van der Waals surface area contributed by atoms with Crippen LogP contribution in [0.5, 0.6) is 0 Å². The molecular weight excluding hydrogens is 503 g/mol. The van der Waals surface area contributed by atoms with Crippen molar-refractivity contribution in [3.05, 3.63) is 64.9 Å². The Bertz CT molecular complexity index is 1050. The zero-order chi connectivity index (χ0) is 26.9. The summed E-state index contributed by atoms with van der Waals surface area (Å²) in [7, 11) is 1.28. The number of halogens is 4. The van der Waals surface area contributed by atoms with Gasteiger partial charge in [-0.25, -0.2) is 18.0 Å². The maximum Gasteiger partial charge on any atom is 0.406 e. The number of hydrogen-bond acceptors (Lipinski definition) is 5. The molecule has 12 heteroatoms. The Kier molecular flexibility index (Phi) is 10.5. The van der Waals surface area contributed by atoms with E-state index in [0.717, 1.165) is 11.0 Å². The molecule has 3 N–H and O–H groups in total. The first-order valence-electron chi connectivity index (χ1n) is 10.9. The van der Waals surface area contributed by atoms with Crippen molar-refractivity contribution in [3.8, 4) is 0 Å². The van der Waals surface area contributed by atoms with E-state index in [4.69, 9.17) is 16.7 Å². The number of aliphatic hydroxyl groups is 1. The number of anilines is 1. The molecule has 0 radical (unpaired) electrons. The van der Waals surface area contributed by atoms with Crippen molar-refractivity contribution in [1.29, 1.82) is 0 Å². The standard InChI is InChI=1S/C19H16ClF3N2O2.C5H11NO3/c20-16-7-2-1-6-15(16)17(18(27)24-13-9-19(22,23)10-13)25(11-26)14-5-3-4-12(21)8-14;1-4(7)3-6-5(8)9-2/h1-8,11,13,17H,9-10H2,(H,24,27);4,7H,3H2,1-2H3,(H,6,8). The molecule has 0 saturated heterocycles. The van der Waals surface area contributed by atoms with E-state index in [1.807, 2.05) is 0 Å². The third kappa shape index (κ3) is 8.42. The quantitative estimate of drug-likeness (QED) is 0.451. The molecule has 3 amide bonds. The number of alkyl carbamates (subject to hydrolysis) is 1. The van der Waals surface area contributed by atoms with Gasteiger partial charge in [0.1, 0.15) is 11.9 Å². The van der Waals surface area contributed by atoms with Crippen LogP contribution in [-0.2, 0) is 14.3 Å². The first kappa shape index (κ1) is 28.9. The Morgan fingerprint density at radius 2 is 1.92 bits per heavy atom. The van der Waals surface area contributed by atoms with Gasteiger partial charge in [0.05, 0.1) is 13.2 Å². The summed E-state index contributed by atoms with van der Waals surface area (Å²) in [4.78, 5) is 35.9. The van der Waals surface area contributed by atoms with Crippen LogP contribution >= 0.6 is 11.6 Å². The van der Waals surface area contributed by atoms with Crippen molar-refractivity contribution in [2.45, 2.75) is 43.9 Å². The Morgan fingerprint density at radius 1 is 1.25 bits per heavy atom. The number of aliphatic hydroxyl groups excluding tert-OH is 1. The number of hydrogen-bond donors (Lipinski definition) is 3. The highest BCUT2D eigenvalue weighted by Crippen LogP contribution is 2.38. The van der Waals surface area contributed by atoms with E-state index in [1.54, 1.807) is 31.2 Å². The van der Waals surface area contributed by atoms with Gasteiger partial charge in [-0.05, 0) is 31.2 Å². The van der Waals surface area contributed by atoms with E-state index in [-0.39, 0.29) is 17.3 Å². The number of amides is 3. The number of ether oxygens (including phenoxy) is 1. The molecule has 1 aliphatic carbocycles. The predicted molar refractivity (Wildman–Crippen MR) is 127 cm³/mol. The number of benzene rings is 2. The lowest BCUT2D eigenvalue weighted by molar-refractivity contribution is -0.131. The predicted octanol–water partition coefficient (Wildman–Crippen LogP) is 3.82. The number of carbonyl (C=O) groups is 3. The number of nitrogens with one attached hydrogen (secondary N) is 2. The molecule has 0 aliphatic heterocycles. The summed E-state index contributed by atoms with van der Waals surface area (Å²) in [5.41, 5.74) is 0.447. The molecule has 0 spiro atoms. The first-order chi connectivity index (χ1) is 17.0. The fourth-order valence-electron chi connectivity index (χ4n) is 3.37. The maximum atomic E-state index is 13.6.